The Bertz CT molecular complexity index is 669. The second-order valence-electron chi connectivity index (χ2n) is 4.12. The van der Waals surface area contributed by atoms with Crippen LogP contribution in [-0.4, -0.2) is 19.8 Å². The maximum atomic E-state index is 10.8. The summed E-state index contributed by atoms with van der Waals surface area (Å²) in [5.74, 6) is 0.436. The molecule has 0 unspecified atom stereocenters. The highest BCUT2D eigenvalue weighted by atomic mass is 35.5. The molecule has 20 heavy (non-hydrogen) atoms. The van der Waals surface area contributed by atoms with Gasteiger partial charge in [0, 0.05) is 13.1 Å². The molecule has 2 aromatic rings. The lowest BCUT2D eigenvalue weighted by Gasteiger charge is -2.09. The van der Waals surface area contributed by atoms with Crippen molar-refractivity contribution in [1.82, 2.24) is 9.78 Å². The summed E-state index contributed by atoms with van der Waals surface area (Å²) in [5, 5.41) is 24.4. The fourth-order valence-electron chi connectivity index (χ4n) is 1.78. The molecule has 0 spiro atoms. The van der Waals surface area contributed by atoms with Gasteiger partial charge in [0.05, 0.1) is 33.9 Å². The summed E-state index contributed by atoms with van der Waals surface area (Å²) in [6.45, 7) is 1.48. The Balaban J connectivity index is 2.44. The highest BCUT2D eigenvalue weighted by Gasteiger charge is 2.18. The van der Waals surface area contributed by atoms with E-state index in [1.165, 1.54) is 22.9 Å². The number of halogens is 1. The number of nitrogens with zero attached hydrogens (tertiary/aromatic N) is 3. The summed E-state index contributed by atoms with van der Waals surface area (Å²) < 4.78 is 7.02. The van der Waals surface area contributed by atoms with Crippen LogP contribution in [-0.2, 0) is 13.7 Å². The quantitative estimate of drug-likeness (QED) is 0.692. The van der Waals surface area contributed by atoms with Crippen LogP contribution in [0.3, 0.4) is 0 Å². The molecule has 7 nitrogen and oxygen atoms in total. The Morgan fingerprint density at radius 1 is 1.55 bits per heavy atom. The fourth-order valence-corrected chi connectivity index (χ4v) is 1.93. The first-order chi connectivity index (χ1) is 9.43. The van der Waals surface area contributed by atoms with Crippen LogP contribution in [0, 0.1) is 17.0 Å². The number of aromatic nitrogens is 2. The summed E-state index contributed by atoms with van der Waals surface area (Å²) in [7, 11) is 1.65. The molecule has 0 aliphatic heterocycles. The monoisotopic (exact) mass is 297 g/mol. The van der Waals surface area contributed by atoms with Gasteiger partial charge in [-0.3, -0.25) is 10.1 Å². The van der Waals surface area contributed by atoms with Gasteiger partial charge in [-0.05, 0) is 13.0 Å². The molecule has 1 aromatic carbocycles. The van der Waals surface area contributed by atoms with Crippen molar-refractivity contribution < 1.29 is 14.8 Å². The van der Waals surface area contributed by atoms with Gasteiger partial charge in [0.15, 0.2) is 5.75 Å². The molecule has 0 aliphatic carbocycles. The minimum absolute atomic E-state index is 0.131. The third-order valence-electron chi connectivity index (χ3n) is 2.78. The summed E-state index contributed by atoms with van der Waals surface area (Å²) in [5.41, 5.74) is 0.996. The molecule has 0 fully saturated rings. The molecule has 1 aromatic heterocycles. The zero-order chi connectivity index (χ0) is 14.9. The number of hydrogen-bond donors (Lipinski definition) is 1. The van der Waals surface area contributed by atoms with E-state index in [0.29, 0.717) is 17.1 Å². The lowest BCUT2D eigenvalue weighted by atomic mass is 10.2. The molecule has 0 saturated heterocycles. The van der Waals surface area contributed by atoms with Gasteiger partial charge in [-0.25, -0.2) is 4.68 Å². The molecule has 8 heteroatoms. The van der Waals surface area contributed by atoms with Crippen LogP contribution in [0.5, 0.6) is 11.6 Å². The summed E-state index contributed by atoms with van der Waals surface area (Å²) in [4.78, 5) is 10.2. The SMILES string of the molecule is Cc1nn(C)c(Oc2cc([N+](=O)[O-])ccc2Cl)c1CO. The first kappa shape index (κ1) is 14.3. The molecule has 106 valence electrons. The van der Waals surface area contributed by atoms with Crippen molar-refractivity contribution in [1.29, 1.82) is 0 Å². The lowest BCUT2D eigenvalue weighted by molar-refractivity contribution is -0.384. The Morgan fingerprint density at radius 2 is 2.25 bits per heavy atom. The van der Waals surface area contributed by atoms with E-state index < -0.39 is 4.92 Å². The van der Waals surface area contributed by atoms with Crippen LogP contribution in [0.2, 0.25) is 5.02 Å². The van der Waals surface area contributed by atoms with Crippen LogP contribution in [0.1, 0.15) is 11.3 Å². The maximum absolute atomic E-state index is 10.8. The molecule has 0 aliphatic rings. The van der Waals surface area contributed by atoms with Gasteiger partial charge >= 0.3 is 0 Å². The van der Waals surface area contributed by atoms with Gasteiger partial charge in [-0.1, -0.05) is 11.6 Å². The lowest BCUT2D eigenvalue weighted by Crippen LogP contribution is -1.98. The number of benzene rings is 1. The number of hydrogen-bond acceptors (Lipinski definition) is 5. The Kier molecular flexibility index (Phi) is 3.91. The highest BCUT2D eigenvalue weighted by molar-refractivity contribution is 6.32. The van der Waals surface area contributed by atoms with Crippen molar-refractivity contribution in [2.75, 3.05) is 0 Å². The first-order valence-corrected chi connectivity index (χ1v) is 6.07. The van der Waals surface area contributed by atoms with Gasteiger partial charge in [0.25, 0.3) is 5.69 Å². The van der Waals surface area contributed by atoms with Gasteiger partial charge in [0.1, 0.15) is 0 Å². The predicted octanol–water partition coefficient (Wildman–Crippen LogP) is 2.57. The molecule has 0 saturated carbocycles. The Hall–Kier alpha value is -2.12. The third kappa shape index (κ3) is 2.59. The van der Waals surface area contributed by atoms with Crippen LogP contribution in [0.25, 0.3) is 0 Å². The normalized spacial score (nSPS) is 10.6. The fraction of sp³-hybridized carbons (Fsp3) is 0.250. The van der Waals surface area contributed by atoms with E-state index in [0.717, 1.165) is 0 Å². The zero-order valence-corrected chi connectivity index (χ0v) is 11.6. The largest absolute Gasteiger partial charge is 0.437 e. The molecule has 0 radical (unpaired) electrons. The van der Waals surface area contributed by atoms with Crippen molar-refractivity contribution in [2.24, 2.45) is 7.05 Å². The average molecular weight is 298 g/mol. The molecule has 0 atom stereocenters. The summed E-state index contributed by atoms with van der Waals surface area (Å²) in [6.07, 6.45) is 0. The van der Waals surface area contributed by atoms with Gasteiger partial charge in [-0.15, -0.1) is 0 Å². The van der Waals surface area contributed by atoms with Crippen LogP contribution < -0.4 is 4.74 Å². The van der Waals surface area contributed by atoms with E-state index in [9.17, 15) is 15.2 Å². The number of non-ortho nitro benzene ring substituents is 1. The number of aliphatic hydroxyl groups excluding tert-OH is 1. The first-order valence-electron chi connectivity index (χ1n) is 5.69. The highest BCUT2D eigenvalue weighted by Crippen LogP contribution is 2.34. The zero-order valence-electron chi connectivity index (χ0n) is 10.8. The van der Waals surface area contributed by atoms with Crippen molar-refractivity contribution >= 4 is 17.3 Å². The van der Waals surface area contributed by atoms with E-state index >= 15 is 0 Å². The van der Waals surface area contributed by atoms with Crippen molar-refractivity contribution in [3.63, 3.8) is 0 Å². The van der Waals surface area contributed by atoms with E-state index in [4.69, 9.17) is 16.3 Å². The predicted molar refractivity (Wildman–Crippen MR) is 72.0 cm³/mol. The number of nitro benzene ring substituents is 1. The van der Waals surface area contributed by atoms with Crippen molar-refractivity contribution in [3.8, 4) is 11.6 Å². The molecule has 1 N–H and O–H groups in total. The average Bonchev–Trinajstić information content (AvgIpc) is 2.66. The molecule has 2 rings (SSSR count). The third-order valence-corrected chi connectivity index (χ3v) is 3.09. The van der Waals surface area contributed by atoms with E-state index in [1.807, 2.05) is 0 Å². The standard InChI is InChI=1S/C12H12ClN3O4/c1-7-9(6-17)12(15(2)14-7)20-11-5-8(16(18)19)3-4-10(11)13/h3-5,17H,6H2,1-2H3. The molecular weight excluding hydrogens is 286 g/mol. The maximum Gasteiger partial charge on any atom is 0.273 e. The number of nitro groups is 1. The molecule has 1 heterocycles. The minimum Gasteiger partial charge on any atom is -0.437 e. The number of aryl methyl sites for hydroxylation is 2. The second kappa shape index (κ2) is 5.48. The molecular formula is C12H12ClN3O4. The van der Waals surface area contributed by atoms with Gasteiger partial charge in [0.2, 0.25) is 5.88 Å². The van der Waals surface area contributed by atoms with Gasteiger partial charge in [-0.2, -0.15) is 5.10 Å². The van der Waals surface area contributed by atoms with Gasteiger partial charge < -0.3 is 9.84 Å². The number of aliphatic hydroxyl groups is 1. The van der Waals surface area contributed by atoms with Crippen molar-refractivity contribution in [3.05, 3.63) is 44.6 Å². The number of ether oxygens (including phenoxy) is 1. The topological polar surface area (TPSA) is 90.4 Å². The van der Waals surface area contributed by atoms with Crippen molar-refractivity contribution in [2.45, 2.75) is 13.5 Å². The van der Waals surface area contributed by atoms with E-state index in [2.05, 4.69) is 5.10 Å². The molecule has 0 amide bonds. The van der Waals surface area contributed by atoms with Crippen LogP contribution >= 0.6 is 11.6 Å². The minimum atomic E-state index is -0.537. The van der Waals surface area contributed by atoms with E-state index in [-0.39, 0.29) is 23.1 Å². The Morgan fingerprint density at radius 3 is 2.85 bits per heavy atom. The van der Waals surface area contributed by atoms with E-state index in [1.54, 1.807) is 14.0 Å². The Labute approximate surface area is 119 Å². The summed E-state index contributed by atoms with van der Waals surface area (Å²) >= 11 is 5.97. The molecule has 0 bridgehead atoms. The number of rotatable bonds is 4. The summed E-state index contributed by atoms with van der Waals surface area (Å²) in [6, 6.07) is 3.90. The van der Waals surface area contributed by atoms with Crippen LogP contribution in [0.15, 0.2) is 18.2 Å². The smallest absolute Gasteiger partial charge is 0.273 e. The van der Waals surface area contributed by atoms with Crippen LogP contribution in [0.4, 0.5) is 5.69 Å². The second-order valence-corrected chi connectivity index (χ2v) is 4.53.